The van der Waals surface area contributed by atoms with Gasteiger partial charge in [-0.3, -0.25) is 0 Å². The Labute approximate surface area is 123 Å². The minimum atomic E-state index is -0.487. The Hall–Kier alpha value is -1.06. The van der Waals surface area contributed by atoms with E-state index in [2.05, 4.69) is 41.4 Å². The fourth-order valence-electron chi connectivity index (χ4n) is 2.76. The maximum atomic E-state index is 10.1. The van der Waals surface area contributed by atoms with Gasteiger partial charge in [0.1, 0.15) is 0 Å². The fourth-order valence-corrected chi connectivity index (χ4v) is 2.76. The summed E-state index contributed by atoms with van der Waals surface area (Å²) >= 11 is 0. The van der Waals surface area contributed by atoms with Gasteiger partial charge < -0.3 is 15.3 Å². The van der Waals surface area contributed by atoms with E-state index in [1.807, 2.05) is 6.92 Å². The van der Waals surface area contributed by atoms with Gasteiger partial charge in [0.2, 0.25) is 0 Å². The van der Waals surface area contributed by atoms with Gasteiger partial charge in [-0.05, 0) is 56.8 Å². The van der Waals surface area contributed by atoms with Gasteiger partial charge in [0, 0.05) is 25.3 Å². The highest BCUT2D eigenvalue weighted by Gasteiger charge is 2.24. The SMILES string of the molecule is CCCNCc1ccc(N2CCCC(C)(O)CC2)cc1. The number of hydrogen-bond donors (Lipinski definition) is 2. The fraction of sp³-hybridized carbons (Fsp3) is 0.647. The normalized spacial score (nSPS) is 23.6. The average molecular weight is 276 g/mol. The highest BCUT2D eigenvalue weighted by molar-refractivity contribution is 5.47. The molecule has 0 radical (unpaired) electrons. The number of nitrogens with zero attached hydrogens (tertiary/aromatic N) is 1. The highest BCUT2D eigenvalue weighted by Crippen LogP contribution is 2.25. The smallest absolute Gasteiger partial charge is 0.0637 e. The molecule has 112 valence electrons. The largest absolute Gasteiger partial charge is 0.390 e. The quantitative estimate of drug-likeness (QED) is 0.812. The lowest BCUT2D eigenvalue weighted by atomic mass is 9.98. The van der Waals surface area contributed by atoms with Gasteiger partial charge in [0.05, 0.1) is 5.60 Å². The van der Waals surface area contributed by atoms with Crippen LogP contribution in [-0.2, 0) is 6.54 Å². The topological polar surface area (TPSA) is 35.5 Å². The Morgan fingerprint density at radius 1 is 1.20 bits per heavy atom. The molecule has 20 heavy (non-hydrogen) atoms. The molecule has 1 saturated heterocycles. The molecule has 1 atom stereocenters. The molecule has 1 aromatic rings. The van der Waals surface area contributed by atoms with E-state index < -0.39 is 5.60 Å². The summed E-state index contributed by atoms with van der Waals surface area (Å²) in [7, 11) is 0. The molecule has 0 amide bonds. The second kappa shape index (κ2) is 7.09. The second-order valence-corrected chi connectivity index (χ2v) is 6.18. The summed E-state index contributed by atoms with van der Waals surface area (Å²) in [6.45, 7) is 8.15. The maximum Gasteiger partial charge on any atom is 0.0637 e. The van der Waals surface area contributed by atoms with Gasteiger partial charge in [0.25, 0.3) is 0 Å². The van der Waals surface area contributed by atoms with Crippen molar-refractivity contribution in [2.24, 2.45) is 0 Å². The van der Waals surface area contributed by atoms with Gasteiger partial charge in [-0.2, -0.15) is 0 Å². The summed E-state index contributed by atoms with van der Waals surface area (Å²) in [6, 6.07) is 8.84. The number of nitrogens with one attached hydrogen (secondary N) is 1. The van der Waals surface area contributed by atoms with Crippen molar-refractivity contribution in [2.75, 3.05) is 24.5 Å². The molecule has 1 unspecified atom stereocenters. The molecule has 0 aromatic heterocycles. The van der Waals surface area contributed by atoms with Crippen LogP contribution in [0.4, 0.5) is 5.69 Å². The van der Waals surface area contributed by atoms with Gasteiger partial charge >= 0.3 is 0 Å². The van der Waals surface area contributed by atoms with Crippen LogP contribution in [0.1, 0.15) is 45.1 Å². The summed E-state index contributed by atoms with van der Waals surface area (Å²) in [4.78, 5) is 2.39. The standard InChI is InChI=1S/C17H28N2O/c1-3-11-18-14-15-5-7-16(8-6-15)19-12-4-9-17(2,20)10-13-19/h5-8,18,20H,3-4,9-14H2,1-2H3. The molecule has 1 aromatic carbocycles. The van der Waals surface area contributed by atoms with Crippen LogP contribution >= 0.6 is 0 Å². The second-order valence-electron chi connectivity index (χ2n) is 6.18. The van der Waals surface area contributed by atoms with E-state index in [0.29, 0.717) is 0 Å². The zero-order valence-electron chi connectivity index (χ0n) is 12.9. The molecule has 0 aliphatic carbocycles. The van der Waals surface area contributed by atoms with Crippen LogP contribution in [0.3, 0.4) is 0 Å². The van der Waals surface area contributed by atoms with E-state index in [1.165, 1.54) is 17.7 Å². The van der Waals surface area contributed by atoms with Crippen LogP contribution in [0.15, 0.2) is 24.3 Å². The first-order valence-corrected chi connectivity index (χ1v) is 7.88. The van der Waals surface area contributed by atoms with Crippen molar-refractivity contribution < 1.29 is 5.11 Å². The van der Waals surface area contributed by atoms with E-state index in [4.69, 9.17) is 0 Å². The van der Waals surface area contributed by atoms with Crippen molar-refractivity contribution in [3.63, 3.8) is 0 Å². The first kappa shape index (κ1) is 15.3. The zero-order valence-corrected chi connectivity index (χ0v) is 12.9. The first-order chi connectivity index (χ1) is 9.61. The van der Waals surface area contributed by atoms with Crippen molar-refractivity contribution >= 4 is 5.69 Å². The van der Waals surface area contributed by atoms with E-state index in [1.54, 1.807) is 0 Å². The lowest BCUT2D eigenvalue weighted by Gasteiger charge is -2.24. The van der Waals surface area contributed by atoms with Gasteiger partial charge in [-0.25, -0.2) is 0 Å². The van der Waals surface area contributed by atoms with Crippen LogP contribution in [0.2, 0.25) is 0 Å². The summed E-state index contributed by atoms with van der Waals surface area (Å²) in [6.07, 6.45) is 3.99. The van der Waals surface area contributed by atoms with E-state index in [0.717, 1.165) is 45.4 Å². The average Bonchev–Trinajstić information content (AvgIpc) is 2.61. The van der Waals surface area contributed by atoms with Crippen molar-refractivity contribution in [1.29, 1.82) is 0 Å². The number of anilines is 1. The molecule has 1 fully saturated rings. The Morgan fingerprint density at radius 2 is 1.95 bits per heavy atom. The number of rotatable bonds is 5. The third-order valence-electron chi connectivity index (χ3n) is 4.12. The van der Waals surface area contributed by atoms with Crippen molar-refractivity contribution in [2.45, 2.75) is 51.7 Å². The van der Waals surface area contributed by atoms with Gasteiger partial charge in [-0.15, -0.1) is 0 Å². The summed E-state index contributed by atoms with van der Waals surface area (Å²) < 4.78 is 0. The van der Waals surface area contributed by atoms with Crippen molar-refractivity contribution in [3.8, 4) is 0 Å². The Morgan fingerprint density at radius 3 is 2.65 bits per heavy atom. The molecule has 0 bridgehead atoms. The molecule has 0 spiro atoms. The third kappa shape index (κ3) is 4.50. The van der Waals surface area contributed by atoms with Gasteiger partial charge in [0.15, 0.2) is 0 Å². The lowest BCUT2D eigenvalue weighted by molar-refractivity contribution is 0.0481. The number of aliphatic hydroxyl groups is 1. The molecule has 1 heterocycles. The highest BCUT2D eigenvalue weighted by atomic mass is 16.3. The molecule has 3 heteroatoms. The predicted octanol–water partition coefficient (Wildman–Crippen LogP) is 2.93. The summed E-state index contributed by atoms with van der Waals surface area (Å²) in [5.41, 5.74) is 2.13. The third-order valence-corrected chi connectivity index (χ3v) is 4.12. The van der Waals surface area contributed by atoms with Crippen LogP contribution < -0.4 is 10.2 Å². The molecule has 2 N–H and O–H groups in total. The number of hydrogen-bond acceptors (Lipinski definition) is 3. The number of benzene rings is 1. The van der Waals surface area contributed by atoms with Crippen molar-refractivity contribution in [1.82, 2.24) is 5.32 Å². The summed E-state index contributed by atoms with van der Waals surface area (Å²) in [5.74, 6) is 0. The minimum Gasteiger partial charge on any atom is -0.390 e. The van der Waals surface area contributed by atoms with Crippen molar-refractivity contribution in [3.05, 3.63) is 29.8 Å². The molecule has 1 aliphatic heterocycles. The molecule has 0 saturated carbocycles. The van der Waals surface area contributed by atoms with E-state index in [9.17, 15) is 5.11 Å². The predicted molar refractivity (Wildman–Crippen MR) is 85.1 cm³/mol. The van der Waals surface area contributed by atoms with Crippen LogP contribution in [0.25, 0.3) is 0 Å². The monoisotopic (exact) mass is 276 g/mol. The van der Waals surface area contributed by atoms with E-state index >= 15 is 0 Å². The first-order valence-electron chi connectivity index (χ1n) is 7.88. The molecule has 1 aliphatic rings. The van der Waals surface area contributed by atoms with Crippen LogP contribution in [0, 0.1) is 0 Å². The van der Waals surface area contributed by atoms with Crippen LogP contribution in [0.5, 0.6) is 0 Å². The van der Waals surface area contributed by atoms with E-state index in [-0.39, 0.29) is 0 Å². The molecular formula is C17H28N2O. The molecule has 3 nitrogen and oxygen atoms in total. The lowest BCUT2D eigenvalue weighted by Crippen LogP contribution is -2.28. The summed E-state index contributed by atoms with van der Waals surface area (Å²) in [5, 5.41) is 13.6. The zero-order chi connectivity index (χ0) is 14.4. The molecular weight excluding hydrogens is 248 g/mol. The van der Waals surface area contributed by atoms with Crippen LogP contribution in [-0.4, -0.2) is 30.3 Å². The molecule has 2 rings (SSSR count). The Balaban J connectivity index is 1.92. The minimum absolute atomic E-state index is 0.487. The maximum absolute atomic E-state index is 10.1. The van der Waals surface area contributed by atoms with Gasteiger partial charge in [-0.1, -0.05) is 19.1 Å². The Kier molecular flexibility index (Phi) is 5.44. The Bertz CT molecular complexity index is 400.